The second-order valence-corrected chi connectivity index (χ2v) is 7.13. The molecule has 4 nitrogen and oxygen atoms in total. The van der Waals surface area contributed by atoms with Crippen molar-refractivity contribution in [1.29, 1.82) is 0 Å². The Balaban J connectivity index is 2.52. The van der Waals surface area contributed by atoms with Gasteiger partial charge in [-0.2, -0.15) is 0 Å². The number of Topliss-reactive ketones (excluding diaryl/α,β-unsaturated/α-hetero) is 1. The molecule has 0 spiro atoms. The molecule has 0 aromatic rings. The Labute approximate surface area is 114 Å². The van der Waals surface area contributed by atoms with Crippen LogP contribution >= 0.6 is 0 Å². The predicted molar refractivity (Wildman–Crippen MR) is 71.5 cm³/mol. The fourth-order valence-electron chi connectivity index (χ4n) is 3.68. The Bertz CT molecular complexity index is 430. The van der Waals surface area contributed by atoms with Crippen LogP contribution in [0.4, 0.5) is 0 Å². The zero-order valence-corrected chi connectivity index (χ0v) is 12.1. The number of hydrogen-bond acceptors (Lipinski definition) is 4. The average Bonchev–Trinajstić information content (AvgIpc) is 2.22. The van der Waals surface area contributed by atoms with Gasteiger partial charge in [0, 0.05) is 23.3 Å². The van der Waals surface area contributed by atoms with Crippen LogP contribution in [-0.4, -0.2) is 38.4 Å². The van der Waals surface area contributed by atoms with Gasteiger partial charge in [0.15, 0.2) is 5.78 Å². The van der Waals surface area contributed by atoms with Gasteiger partial charge in [-0.25, -0.2) is 0 Å². The number of rotatable bonds is 1. The summed E-state index contributed by atoms with van der Waals surface area (Å²) in [6.07, 6.45) is 2.26. The first kappa shape index (κ1) is 14.7. The van der Waals surface area contributed by atoms with Gasteiger partial charge in [-0.3, -0.25) is 4.79 Å². The predicted octanol–water partition coefficient (Wildman–Crippen LogP) is 1.18. The standard InChI is InChI=1S/C15H24O4/c1-13(2,18)9-7-11-14(3,8-10(9)16)12(17)5-6-15(11,4)19/h7,11-12,17-19H,5-6,8H2,1-4H3/t11-,12-,14-,15+/m1/s1. The quantitative estimate of drug-likeness (QED) is 0.667. The topological polar surface area (TPSA) is 77.8 Å². The van der Waals surface area contributed by atoms with Crippen molar-refractivity contribution in [2.75, 3.05) is 0 Å². The highest BCUT2D eigenvalue weighted by Crippen LogP contribution is 2.53. The molecule has 0 heterocycles. The summed E-state index contributed by atoms with van der Waals surface area (Å²) in [5.41, 5.74) is -2.46. The van der Waals surface area contributed by atoms with E-state index in [2.05, 4.69) is 0 Å². The Morgan fingerprint density at radius 1 is 1.37 bits per heavy atom. The number of aliphatic hydroxyl groups excluding tert-OH is 1. The fourth-order valence-corrected chi connectivity index (χ4v) is 3.68. The van der Waals surface area contributed by atoms with Crippen LogP contribution in [0.5, 0.6) is 0 Å². The van der Waals surface area contributed by atoms with E-state index in [1.807, 2.05) is 6.92 Å². The van der Waals surface area contributed by atoms with Crippen molar-refractivity contribution >= 4 is 5.78 Å². The van der Waals surface area contributed by atoms with Crippen molar-refractivity contribution in [2.24, 2.45) is 11.3 Å². The smallest absolute Gasteiger partial charge is 0.162 e. The molecule has 0 radical (unpaired) electrons. The fraction of sp³-hybridized carbons (Fsp3) is 0.800. The lowest BCUT2D eigenvalue weighted by Gasteiger charge is -2.53. The maximum Gasteiger partial charge on any atom is 0.162 e. The van der Waals surface area contributed by atoms with E-state index in [1.54, 1.807) is 26.8 Å². The van der Waals surface area contributed by atoms with E-state index < -0.39 is 22.7 Å². The third-order valence-electron chi connectivity index (χ3n) is 4.90. The molecule has 2 aliphatic carbocycles. The molecule has 108 valence electrons. The molecule has 2 aliphatic rings. The number of ketones is 1. The molecule has 0 bridgehead atoms. The third kappa shape index (κ3) is 2.26. The molecule has 0 aromatic carbocycles. The minimum atomic E-state index is -1.21. The second-order valence-electron chi connectivity index (χ2n) is 7.13. The van der Waals surface area contributed by atoms with Crippen molar-refractivity contribution in [1.82, 2.24) is 0 Å². The Morgan fingerprint density at radius 3 is 2.47 bits per heavy atom. The zero-order valence-electron chi connectivity index (χ0n) is 12.1. The largest absolute Gasteiger partial charge is 0.393 e. The summed E-state index contributed by atoms with van der Waals surface area (Å²) in [7, 11) is 0. The Morgan fingerprint density at radius 2 is 1.95 bits per heavy atom. The van der Waals surface area contributed by atoms with Gasteiger partial charge in [0.1, 0.15) is 0 Å². The normalized spacial score (nSPS) is 43.7. The lowest BCUT2D eigenvalue weighted by atomic mass is 9.54. The molecule has 1 fully saturated rings. The second kappa shape index (κ2) is 4.14. The molecule has 4 heteroatoms. The molecule has 4 atom stereocenters. The minimum absolute atomic E-state index is 0.136. The molecule has 2 rings (SSSR count). The van der Waals surface area contributed by atoms with E-state index in [4.69, 9.17) is 0 Å². The first-order chi connectivity index (χ1) is 8.48. The molecular weight excluding hydrogens is 244 g/mol. The molecule has 3 N–H and O–H groups in total. The van der Waals surface area contributed by atoms with E-state index in [0.717, 1.165) is 0 Å². The van der Waals surface area contributed by atoms with Gasteiger partial charge in [-0.1, -0.05) is 13.0 Å². The van der Waals surface area contributed by atoms with E-state index >= 15 is 0 Å². The van der Waals surface area contributed by atoms with Gasteiger partial charge in [-0.15, -0.1) is 0 Å². The monoisotopic (exact) mass is 268 g/mol. The molecule has 1 saturated carbocycles. The summed E-state index contributed by atoms with van der Waals surface area (Å²) in [6.45, 7) is 6.75. The lowest BCUT2D eigenvalue weighted by molar-refractivity contribution is -0.151. The first-order valence-corrected chi connectivity index (χ1v) is 6.87. The highest BCUT2D eigenvalue weighted by Gasteiger charge is 2.55. The Hall–Kier alpha value is -0.710. The molecule has 0 unspecified atom stereocenters. The highest BCUT2D eigenvalue weighted by atomic mass is 16.3. The minimum Gasteiger partial charge on any atom is -0.393 e. The van der Waals surface area contributed by atoms with Crippen LogP contribution in [0.3, 0.4) is 0 Å². The van der Waals surface area contributed by atoms with E-state index in [-0.39, 0.29) is 18.1 Å². The van der Waals surface area contributed by atoms with Crippen molar-refractivity contribution < 1.29 is 20.1 Å². The molecular formula is C15H24O4. The number of aliphatic hydroxyl groups is 3. The van der Waals surface area contributed by atoms with Gasteiger partial charge < -0.3 is 15.3 Å². The highest BCUT2D eigenvalue weighted by molar-refractivity contribution is 5.98. The lowest BCUT2D eigenvalue weighted by Crippen LogP contribution is -2.57. The van der Waals surface area contributed by atoms with Gasteiger partial charge >= 0.3 is 0 Å². The SMILES string of the molecule is CC(C)(O)C1=C[C@@H]2[C@@](C)(CC1=O)[C@H](O)CC[C@]2(C)O. The van der Waals surface area contributed by atoms with Crippen molar-refractivity contribution in [3.8, 4) is 0 Å². The van der Waals surface area contributed by atoms with Crippen LogP contribution < -0.4 is 0 Å². The van der Waals surface area contributed by atoms with Crippen molar-refractivity contribution in [3.63, 3.8) is 0 Å². The van der Waals surface area contributed by atoms with E-state index in [0.29, 0.717) is 18.4 Å². The average molecular weight is 268 g/mol. The van der Waals surface area contributed by atoms with Crippen LogP contribution in [0.25, 0.3) is 0 Å². The van der Waals surface area contributed by atoms with Crippen molar-refractivity contribution in [2.45, 2.75) is 64.3 Å². The summed E-state index contributed by atoms with van der Waals surface area (Å²) in [5.74, 6) is -0.453. The molecule has 0 aliphatic heterocycles. The summed E-state index contributed by atoms with van der Waals surface area (Å²) in [6, 6.07) is 0. The number of fused-ring (bicyclic) bond motifs is 1. The van der Waals surface area contributed by atoms with Crippen LogP contribution in [0, 0.1) is 11.3 Å². The van der Waals surface area contributed by atoms with Crippen LogP contribution in [-0.2, 0) is 4.79 Å². The van der Waals surface area contributed by atoms with Gasteiger partial charge in [0.25, 0.3) is 0 Å². The van der Waals surface area contributed by atoms with Crippen molar-refractivity contribution in [3.05, 3.63) is 11.6 Å². The maximum atomic E-state index is 12.2. The molecule has 0 saturated heterocycles. The van der Waals surface area contributed by atoms with Crippen LogP contribution in [0.2, 0.25) is 0 Å². The first-order valence-electron chi connectivity index (χ1n) is 6.87. The zero-order chi connectivity index (χ0) is 14.6. The Kier molecular flexibility index (Phi) is 3.20. The molecule has 19 heavy (non-hydrogen) atoms. The molecule has 0 aromatic heterocycles. The summed E-state index contributed by atoms with van der Waals surface area (Å²) in [4.78, 5) is 12.2. The van der Waals surface area contributed by atoms with Crippen LogP contribution in [0.15, 0.2) is 11.6 Å². The van der Waals surface area contributed by atoms with Crippen LogP contribution in [0.1, 0.15) is 47.0 Å². The molecule has 0 amide bonds. The van der Waals surface area contributed by atoms with Gasteiger partial charge in [-0.05, 0) is 33.6 Å². The van der Waals surface area contributed by atoms with Gasteiger partial charge in [0.2, 0.25) is 0 Å². The number of hydrogen-bond donors (Lipinski definition) is 3. The number of carbonyl (C=O) groups excluding carboxylic acids is 1. The number of carbonyl (C=O) groups is 1. The summed E-state index contributed by atoms with van der Waals surface area (Å²) in [5, 5.41) is 30.9. The van der Waals surface area contributed by atoms with Gasteiger partial charge in [0.05, 0.1) is 17.3 Å². The van der Waals surface area contributed by atoms with E-state index in [1.165, 1.54) is 0 Å². The maximum absolute atomic E-state index is 12.2. The summed E-state index contributed by atoms with van der Waals surface area (Å²) < 4.78 is 0. The van der Waals surface area contributed by atoms with E-state index in [9.17, 15) is 20.1 Å². The summed E-state index contributed by atoms with van der Waals surface area (Å²) >= 11 is 0. The third-order valence-corrected chi connectivity index (χ3v) is 4.90.